The molecule has 0 unspecified atom stereocenters. The summed E-state index contributed by atoms with van der Waals surface area (Å²) in [6.07, 6.45) is 0. The molecule has 2 amide bonds. The Morgan fingerprint density at radius 1 is 0.647 bits per heavy atom. The first kappa shape index (κ1) is 21.1. The summed E-state index contributed by atoms with van der Waals surface area (Å²) in [5, 5.41) is 0.525. The van der Waals surface area contributed by atoms with Crippen LogP contribution in [-0.2, 0) is 14.4 Å². The Balaban J connectivity index is 1.62. The Kier molecular flexibility index (Phi) is 4.34. The largest absolute Gasteiger partial charge is 0.298 e. The van der Waals surface area contributed by atoms with Crippen LogP contribution in [0.3, 0.4) is 0 Å². The lowest BCUT2D eigenvalue weighted by Gasteiger charge is -2.35. The van der Waals surface area contributed by atoms with E-state index in [1.807, 2.05) is 74.5 Å². The van der Waals surface area contributed by atoms with Crippen molar-refractivity contribution in [1.82, 2.24) is 0 Å². The molecule has 168 valence electrons. The van der Waals surface area contributed by atoms with Crippen molar-refractivity contribution >= 4 is 46.0 Å². The van der Waals surface area contributed by atoms with Gasteiger partial charge in [-0.1, -0.05) is 72.3 Å². The molecular weight excluding hydrogens is 446 g/mol. The predicted octanol–water partition coefficient (Wildman–Crippen LogP) is 5.67. The van der Waals surface area contributed by atoms with E-state index in [-0.39, 0.29) is 17.6 Å². The van der Waals surface area contributed by atoms with Gasteiger partial charge in [-0.2, -0.15) is 0 Å². The molecule has 4 atom stereocenters. The third-order valence-electron chi connectivity index (χ3n) is 7.99. The number of carbonyl (C=O) groups is 3. The third-order valence-corrected chi connectivity index (χ3v) is 8.24. The van der Waals surface area contributed by atoms with Crippen molar-refractivity contribution in [3.63, 3.8) is 0 Å². The molecule has 34 heavy (non-hydrogen) atoms. The number of anilines is 1. The molecule has 0 radical (unpaired) electrons. The number of ketones is 1. The maximum absolute atomic E-state index is 14.2. The molecule has 3 aromatic rings. The van der Waals surface area contributed by atoms with Gasteiger partial charge in [0.25, 0.3) is 0 Å². The zero-order valence-electron chi connectivity index (χ0n) is 18.8. The van der Waals surface area contributed by atoms with Gasteiger partial charge in [-0.25, -0.2) is 4.90 Å². The number of hydrogen-bond acceptors (Lipinski definition) is 3. The van der Waals surface area contributed by atoms with E-state index in [9.17, 15) is 14.4 Å². The zero-order chi connectivity index (χ0) is 23.8. The van der Waals surface area contributed by atoms with Gasteiger partial charge in [0.05, 0.1) is 28.4 Å². The molecule has 3 aromatic carbocycles. The molecule has 1 heterocycles. The summed E-state index contributed by atoms with van der Waals surface area (Å²) in [4.78, 5) is 43.2. The number of carbonyl (C=O) groups excluding carboxylic acids is 3. The SMILES string of the molecule is C[C@]12C(=O)[C@@](C)(C(c3ccccc3)=C1c1ccccc1)[C@H]1C(=O)N(c3ccc(Cl)cc3)C(=O)[C@H]12. The second-order valence-corrected chi connectivity index (χ2v) is 10.1. The van der Waals surface area contributed by atoms with E-state index in [4.69, 9.17) is 11.6 Å². The monoisotopic (exact) mass is 467 g/mol. The first-order chi connectivity index (χ1) is 16.3. The third kappa shape index (κ3) is 2.41. The predicted molar refractivity (Wildman–Crippen MR) is 132 cm³/mol. The standard InChI is InChI=1S/C29H22ClNO3/c1-28-21(17-9-5-3-6-10-17)22(18-11-7-4-8-12-18)29(2,27(28)34)24-23(28)25(32)31(26(24)33)20-15-13-19(30)14-16-20/h3-16,23-24H,1-2H3/t23-,24+,28-,29-/m0/s1. The number of nitrogens with zero attached hydrogens (tertiary/aromatic N) is 1. The summed E-state index contributed by atoms with van der Waals surface area (Å²) in [5.74, 6) is -2.20. The van der Waals surface area contributed by atoms with E-state index in [1.165, 1.54) is 4.90 Å². The van der Waals surface area contributed by atoms with Crippen LogP contribution in [-0.4, -0.2) is 17.6 Å². The fourth-order valence-corrected chi connectivity index (χ4v) is 6.78. The molecule has 3 aliphatic rings. The second kappa shape index (κ2) is 7.00. The normalized spacial score (nSPS) is 29.9. The minimum atomic E-state index is -1.11. The lowest BCUT2D eigenvalue weighted by molar-refractivity contribution is -0.133. The molecule has 0 spiro atoms. The summed E-state index contributed by atoms with van der Waals surface area (Å²) in [5.41, 5.74) is 1.78. The Hall–Kier alpha value is -3.50. The average molecular weight is 468 g/mol. The number of halogens is 1. The second-order valence-electron chi connectivity index (χ2n) is 9.66. The molecule has 2 aliphatic carbocycles. The van der Waals surface area contributed by atoms with Crippen molar-refractivity contribution in [3.8, 4) is 0 Å². The lowest BCUT2D eigenvalue weighted by Crippen LogP contribution is -2.40. The Labute approximate surface area is 202 Å². The topological polar surface area (TPSA) is 54.5 Å². The van der Waals surface area contributed by atoms with Gasteiger partial charge >= 0.3 is 0 Å². The molecule has 0 N–H and O–H groups in total. The Morgan fingerprint density at radius 2 is 1.06 bits per heavy atom. The van der Waals surface area contributed by atoms with Gasteiger partial charge in [0.2, 0.25) is 11.8 Å². The van der Waals surface area contributed by atoms with Gasteiger partial charge in [-0.05, 0) is 60.4 Å². The van der Waals surface area contributed by atoms with Gasteiger partial charge in [-0.3, -0.25) is 14.4 Å². The highest BCUT2D eigenvalue weighted by atomic mass is 35.5. The number of rotatable bonds is 3. The average Bonchev–Trinajstić information content (AvgIpc) is 3.30. The first-order valence-electron chi connectivity index (χ1n) is 11.4. The molecule has 4 nitrogen and oxygen atoms in total. The summed E-state index contributed by atoms with van der Waals surface area (Å²) in [6.45, 7) is 3.71. The molecule has 2 bridgehead atoms. The van der Waals surface area contributed by atoms with Gasteiger partial charge < -0.3 is 0 Å². The molecule has 6 rings (SSSR count). The summed E-state index contributed by atoms with van der Waals surface area (Å²) >= 11 is 6.04. The molecular formula is C29H22ClNO3. The summed E-state index contributed by atoms with van der Waals surface area (Å²) in [6, 6.07) is 26.2. The van der Waals surface area contributed by atoms with Gasteiger partial charge in [0.15, 0.2) is 5.78 Å². The Morgan fingerprint density at radius 3 is 1.47 bits per heavy atom. The van der Waals surface area contributed by atoms with Crippen LogP contribution in [0.25, 0.3) is 11.1 Å². The number of allylic oxidation sites excluding steroid dienone is 2. The van der Waals surface area contributed by atoms with Gasteiger partial charge in [-0.15, -0.1) is 0 Å². The molecule has 1 saturated heterocycles. The number of benzene rings is 3. The molecule has 0 aromatic heterocycles. The maximum atomic E-state index is 14.2. The van der Waals surface area contributed by atoms with Crippen molar-refractivity contribution in [3.05, 3.63) is 101 Å². The first-order valence-corrected chi connectivity index (χ1v) is 11.7. The van der Waals surface area contributed by atoms with E-state index in [0.29, 0.717) is 10.7 Å². The van der Waals surface area contributed by atoms with Gasteiger partial charge in [0.1, 0.15) is 0 Å². The Bertz CT molecular complexity index is 1310. The smallest absolute Gasteiger partial charge is 0.239 e. The number of Topliss-reactive ketones (excluding diaryl/α,β-unsaturated/α-hetero) is 1. The summed E-state index contributed by atoms with van der Waals surface area (Å²) in [7, 11) is 0. The molecule has 1 aliphatic heterocycles. The zero-order valence-corrected chi connectivity index (χ0v) is 19.5. The van der Waals surface area contributed by atoms with Crippen LogP contribution in [0.5, 0.6) is 0 Å². The quantitative estimate of drug-likeness (QED) is 0.466. The van der Waals surface area contributed by atoms with E-state index < -0.39 is 22.7 Å². The van der Waals surface area contributed by atoms with Crippen molar-refractivity contribution in [2.24, 2.45) is 22.7 Å². The van der Waals surface area contributed by atoms with Crippen molar-refractivity contribution in [2.45, 2.75) is 13.8 Å². The van der Waals surface area contributed by atoms with E-state index in [1.54, 1.807) is 24.3 Å². The van der Waals surface area contributed by atoms with E-state index in [2.05, 4.69) is 0 Å². The fourth-order valence-electron chi connectivity index (χ4n) is 6.65. The lowest BCUT2D eigenvalue weighted by atomic mass is 9.63. The van der Waals surface area contributed by atoms with Crippen LogP contribution in [0.1, 0.15) is 25.0 Å². The fraction of sp³-hybridized carbons (Fsp3) is 0.207. The van der Waals surface area contributed by atoms with E-state index in [0.717, 1.165) is 22.3 Å². The van der Waals surface area contributed by atoms with Crippen LogP contribution in [0, 0.1) is 22.7 Å². The summed E-state index contributed by atoms with van der Waals surface area (Å²) < 4.78 is 0. The number of fused-ring (bicyclic) bond motifs is 5. The van der Waals surface area contributed by atoms with Crippen molar-refractivity contribution in [1.29, 1.82) is 0 Å². The highest BCUT2D eigenvalue weighted by Crippen LogP contribution is 2.73. The highest BCUT2D eigenvalue weighted by Gasteiger charge is 2.78. The molecule has 1 saturated carbocycles. The number of hydrogen-bond donors (Lipinski definition) is 0. The maximum Gasteiger partial charge on any atom is 0.239 e. The van der Waals surface area contributed by atoms with Gasteiger partial charge in [0, 0.05) is 5.02 Å². The van der Waals surface area contributed by atoms with Crippen LogP contribution in [0.15, 0.2) is 84.9 Å². The van der Waals surface area contributed by atoms with Crippen LogP contribution < -0.4 is 4.90 Å². The van der Waals surface area contributed by atoms with Crippen LogP contribution in [0.4, 0.5) is 5.69 Å². The molecule has 2 fully saturated rings. The minimum Gasteiger partial charge on any atom is -0.298 e. The van der Waals surface area contributed by atoms with Crippen LogP contribution >= 0.6 is 11.6 Å². The number of imide groups is 1. The van der Waals surface area contributed by atoms with Crippen molar-refractivity contribution < 1.29 is 14.4 Å². The minimum absolute atomic E-state index is 0.0508. The molecule has 5 heteroatoms. The number of amides is 2. The van der Waals surface area contributed by atoms with Crippen molar-refractivity contribution in [2.75, 3.05) is 4.90 Å². The van der Waals surface area contributed by atoms with Crippen LogP contribution in [0.2, 0.25) is 5.02 Å². The van der Waals surface area contributed by atoms with E-state index >= 15 is 0 Å². The highest BCUT2D eigenvalue weighted by molar-refractivity contribution is 6.34.